The second-order valence-electron chi connectivity index (χ2n) is 3.03. The van der Waals surface area contributed by atoms with Gasteiger partial charge in [-0.05, 0) is 0 Å². The van der Waals surface area contributed by atoms with Crippen LogP contribution in [0.5, 0.6) is 0 Å². The van der Waals surface area contributed by atoms with Crippen LogP contribution < -0.4 is 0 Å². The quantitative estimate of drug-likeness (QED) is 0.665. The Balaban J connectivity index is 3.09. The number of ketones is 1. The normalized spacial score (nSPS) is 27.4. The summed E-state index contributed by atoms with van der Waals surface area (Å²) in [6.07, 6.45) is -12.5. The van der Waals surface area contributed by atoms with E-state index in [4.69, 9.17) is 5.11 Å². The van der Waals surface area contributed by atoms with Crippen molar-refractivity contribution in [2.75, 3.05) is 0 Å². The van der Waals surface area contributed by atoms with Crippen molar-refractivity contribution < 1.29 is 41.0 Å². The third-order valence-electron chi connectivity index (χ3n) is 1.71. The predicted molar refractivity (Wildman–Crippen MR) is 35.9 cm³/mol. The number of carbonyl (C=O) groups is 1. The van der Waals surface area contributed by atoms with E-state index >= 15 is 0 Å². The summed E-state index contributed by atoms with van der Waals surface area (Å²) in [5, 5.41) is 8.80. The van der Waals surface area contributed by atoms with Crippen molar-refractivity contribution >= 4 is 5.78 Å². The predicted octanol–water partition coefficient (Wildman–Crippen LogP) is 1.67. The molecule has 0 saturated carbocycles. The number of allylic oxidation sites excluding steroid dienone is 2. The van der Waals surface area contributed by atoms with E-state index in [1.807, 2.05) is 0 Å². The maximum atomic E-state index is 12.1. The van der Waals surface area contributed by atoms with Crippen LogP contribution in [-0.2, 0) is 9.53 Å². The summed E-state index contributed by atoms with van der Waals surface area (Å²) in [6, 6.07) is 0. The van der Waals surface area contributed by atoms with Gasteiger partial charge in [0.2, 0.25) is 5.76 Å². The van der Waals surface area contributed by atoms with Crippen LogP contribution in [-0.4, -0.2) is 29.0 Å². The zero-order chi connectivity index (χ0) is 12.8. The second-order valence-corrected chi connectivity index (χ2v) is 3.03. The van der Waals surface area contributed by atoms with E-state index in [2.05, 4.69) is 4.74 Å². The molecule has 1 aliphatic heterocycles. The molecular weight excluding hydrogens is 246 g/mol. The van der Waals surface area contributed by atoms with E-state index in [-0.39, 0.29) is 6.08 Å². The summed E-state index contributed by atoms with van der Waals surface area (Å²) in [7, 11) is 0. The Morgan fingerprint density at radius 1 is 1.25 bits per heavy atom. The molecule has 0 bridgehead atoms. The lowest BCUT2D eigenvalue weighted by Gasteiger charge is -2.33. The molecule has 0 aliphatic carbocycles. The highest BCUT2D eigenvalue weighted by atomic mass is 19.4. The van der Waals surface area contributed by atoms with Crippen LogP contribution in [0.2, 0.25) is 0 Å². The number of hydrogen-bond donors (Lipinski definition) is 1. The smallest absolute Gasteiger partial charge is 0.448 e. The van der Waals surface area contributed by atoms with Crippen molar-refractivity contribution in [1.82, 2.24) is 0 Å². The van der Waals surface area contributed by atoms with Gasteiger partial charge >= 0.3 is 18.1 Å². The maximum absolute atomic E-state index is 12.1. The first-order chi connectivity index (χ1) is 6.96. The maximum Gasteiger partial charge on any atom is 0.455 e. The fourth-order valence-corrected chi connectivity index (χ4v) is 0.979. The average molecular weight is 250 g/mol. The van der Waals surface area contributed by atoms with E-state index in [1.165, 1.54) is 0 Å². The third-order valence-corrected chi connectivity index (χ3v) is 1.71. The number of aliphatic hydroxyl groups is 1. The highest BCUT2D eigenvalue weighted by Crippen LogP contribution is 2.42. The summed E-state index contributed by atoms with van der Waals surface area (Å²) in [5.41, 5.74) is 0. The Kier molecular flexibility index (Phi) is 2.70. The summed E-state index contributed by atoms with van der Waals surface area (Å²) in [5.74, 6) is -7.80. The molecule has 1 heterocycles. The van der Waals surface area contributed by atoms with Crippen LogP contribution in [0.4, 0.5) is 26.3 Å². The van der Waals surface area contributed by atoms with Gasteiger partial charge in [0.1, 0.15) is 0 Å². The standard InChI is InChI=1S/C7H4F6O3/c8-6(9,10)4-1-3(14)2-5(15,16-4)7(11,12)13/h1,15H,2H2. The number of halogens is 6. The van der Waals surface area contributed by atoms with Crippen molar-refractivity contribution in [3.8, 4) is 0 Å². The summed E-state index contributed by atoms with van der Waals surface area (Å²) in [4.78, 5) is 10.7. The minimum Gasteiger partial charge on any atom is -0.448 e. The van der Waals surface area contributed by atoms with Crippen molar-refractivity contribution in [3.05, 3.63) is 11.8 Å². The largest absolute Gasteiger partial charge is 0.455 e. The zero-order valence-corrected chi connectivity index (χ0v) is 7.32. The molecule has 0 fully saturated rings. The van der Waals surface area contributed by atoms with Crippen molar-refractivity contribution in [1.29, 1.82) is 0 Å². The van der Waals surface area contributed by atoms with Gasteiger partial charge < -0.3 is 9.84 Å². The van der Waals surface area contributed by atoms with Crippen molar-refractivity contribution in [2.24, 2.45) is 0 Å². The molecule has 0 saturated heterocycles. The summed E-state index contributed by atoms with van der Waals surface area (Å²) in [6.45, 7) is 0. The first-order valence-corrected chi connectivity index (χ1v) is 3.75. The van der Waals surface area contributed by atoms with Crippen molar-refractivity contribution in [3.63, 3.8) is 0 Å². The van der Waals surface area contributed by atoms with Gasteiger partial charge in [0.05, 0.1) is 6.42 Å². The number of alkyl halides is 6. The van der Waals surface area contributed by atoms with Crippen LogP contribution in [0.1, 0.15) is 6.42 Å². The first kappa shape index (κ1) is 12.8. The average Bonchev–Trinajstić information content (AvgIpc) is 1.98. The fraction of sp³-hybridized carbons (Fsp3) is 0.571. The Hall–Kier alpha value is -1.25. The van der Waals surface area contributed by atoms with E-state index in [1.54, 1.807) is 0 Å². The van der Waals surface area contributed by atoms with E-state index in [0.717, 1.165) is 0 Å². The Labute approximate surface area is 84.3 Å². The topological polar surface area (TPSA) is 46.5 Å². The lowest BCUT2D eigenvalue weighted by molar-refractivity contribution is -0.364. The molecule has 1 rings (SSSR count). The SMILES string of the molecule is O=C1C=C(C(F)(F)F)OC(O)(C(F)(F)F)C1. The molecule has 0 spiro atoms. The van der Waals surface area contributed by atoms with E-state index < -0.39 is 36.1 Å². The molecule has 1 unspecified atom stereocenters. The molecule has 0 amide bonds. The van der Waals surface area contributed by atoms with Crippen molar-refractivity contribution in [2.45, 2.75) is 24.6 Å². The Morgan fingerprint density at radius 3 is 2.12 bits per heavy atom. The molecule has 1 N–H and O–H groups in total. The van der Waals surface area contributed by atoms with Gasteiger partial charge in [0, 0.05) is 6.08 Å². The first-order valence-electron chi connectivity index (χ1n) is 3.75. The molecule has 0 aromatic rings. The molecule has 1 atom stereocenters. The zero-order valence-electron chi connectivity index (χ0n) is 7.32. The Morgan fingerprint density at radius 2 is 1.75 bits per heavy atom. The number of carbonyl (C=O) groups excluding carboxylic acids is 1. The minimum absolute atomic E-state index is 0.125. The molecule has 0 aromatic heterocycles. The highest BCUT2D eigenvalue weighted by Gasteiger charge is 2.61. The highest BCUT2D eigenvalue weighted by molar-refractivity contribution is 5.91. The molecular formula is C7H4F6O3. The summed E-state index contributed by atoms with van der Waals surface area (Å²) >= 11 is 0. The molecule has 16 heavy (non-hydrogen) atoms. The van der Waals surface area contributed by atoms with Gasteiger partial charge in [-0.1, -0.05) is 0 Å². The molecule has 0 radical (unpaired) electrons. The van der Waals surface area contributed by atoms with Crippen LogP contribution in [0.15, 0.2) is 11.8 Å². The number of hydrogen-bond acceptors (Lipinski definition) is 3. The van der Waals surface area contributed by atoms with E-state index in [9.17, 15) is 31.1 Å². The molecule has 0 aromatic carbocycles. The van der Waals surface area contributed by atoms with Gasteiger partial charge in [-0.25, -0.2) is 0 Å². The molecule has 92 valence electrons. The lowest BCUT2D eigenvalue weighted by Crippen LogP contribution is -2.51. The third kappa shape index (κ3) is 2.29. The minimum atomic E-state index is -5.49. The summed E-state index contributed by atoms with van der Waals surface area (Å²) < 4.78 is 75.9. The van der Waals surface area contributed by atoms with Gasteiger partial charge in [-0.3, -0.25) is 4.79 Å². The van der Waals surface area contributed by atoms with Crippen LogP contribution in [0.25, 0.3) is 0 Å². The number of rotatable bonds is 0. The van der Waals surface area contributed by atoms with Gasteiger partial charge in [0.15, 0.2) is 5.78 Å². The van der Waals surface area contributed by atoms with Gasteiger partial charge in [-0.2, -0.15) is 26.3 Å². The van der Waals surface area contributed by atoms with Crippen LogP contribution in [0, 0.1) is 0 Å². The van der Waals surface area contributed by atoms with Gasteiger partial charge in [-0.15, -0.1) is 0 Å². The van der Waals surface area contributed by atoms with Crippen LogP contribution in [0.3, 0.4) is 0 Å². The fourth-order valence-electron chi connectivity index (χ4n) is 0.979. The second kappa shape index (κ2) is 3.37. The van der Waals surface area contributed by atoms with Crippen LogP contribution >= 0.6 is 0 Å². The van der Waals surface area contributed by atoms with E-state index in [0.29, 0.717) is 0 Å². The monoisotopic (exact) mass is 250 g/mol. The molecule has 1 aliphatic rings. The molecule has 9 heteroatoms. The lowest BCUT2D eigenvalue weighted by atomic mass is 10.1. The number of ether oxygens (including phenoxy) is 1. The van der Waals surface area contributed by atoms with Gasteiger partial charge in [0.25, 0.3) is 0 Å². The molecule has 3 nitrogen and oxygen atoms in total. The Bertz CT molecular complexity index is 341.